The Hall–Kier alpha value is -2.86. The van der Waals surface area contributed by atoms with Gasteiger partial charge in [-0.05, 0) is 87.1 Å². The van der Waals surface area contributed by atoms with Gasteiger partial charge >= 0.3 is 0 Å². The smallest absolute Gasteiger partial charge is 0.254 e. The van der Waals surface area contributed by atoms with Gasteiger partial charge in [-0.25, -0.2) is 0 Å². The number of carbonyl (C=O) groups is 2. The maximum atomic E-state index is 13.3. The zero-order valence-electron chi connectivity index (χ0n) is 19.4. The number of likely N-dealkylation sites (tertiary alicyclic amines) is 1. The van der Waals surface area contributed by atoms with E-state index in [1.165, 1.54) is 19.3 Å². The summed E-state index contributed by atoms with van der Waals surface area (Å²) in [6.07, 6.45) is 7.11. The Balaban J connectivity index is 1.21. The van der Waals surface area contributed by atoms with Gasteiger partial charge in [0.2, 0.25) is 0 Å². The third kappa shape index (κ3) is 4.62. The van der Waals surface area contributed by atoms with Crippen LogP contribution < -0.4 is 10.1 Å². The predicted molar refractivity (Wildman–Crippen MR) is 128 cm³/mol. The lowest BCUT2D eigenvalue weighted by molar-refractivity contribution is 0.0414. The van der Waals surface area contributed by atoms with Crippen molar-refractivity contribution in [2.45, 2.75) is 57.5 Å². The fourth-order valence-corrected chi connectivity index (χ4v) is 5.28. The number of ether oxygens (including phenoxy) is 1. The SMILES string of the molecule is CCNC(=O)c1ccc(Oc2ccc3c(c2)CCN(C2CCN(C4CCC4)CC2)C3=O)cc1. The Morgan fingerprint density at radius 3 is 2.36 bits per heavy atom. The normalized spacial score (nSPS) is 19.7. The number of carbonyl (C=O) groups excluding carboxylic acids is 2. The van der Waals surface area contributed by atoms with Gasteiger partial charge in [-0.2, -0.15) is 0 Å². The van der Waals surface area contributed by atoms with Gasteiger partial charge in [-0.1, -0.05) is 6.42 Å². The number of rotatable bonds is 6. The van der Waals surface area contributed by atoms with E-state index < -0.39 is 0 Å². The number of hydrogen-bond acceptors (Lipinski definition) is 4. The second-order valence-electron chi connectivity index (χ2n) is 9.41. The second kappa shape index (κ2) is 9.56. The van der Waals surface area contributed by atoms with Crippen molar-refractivity contribution in [2.75, 3.05) is 26.2 Å². The molecule has 1 aliphatic carbocycles. The molecule has 2 aromatic rings. The first-order valence-corrected chi connectivity index (χ1v) is 12.4. The summed E-state index contributed by atoms with van der Waals surface area (Å²) >= 11 is 0. The number of benzene rings is 2. The van der Waals surface area contributed by atoms with E-state index in [0.717, 1.165) is 61.8 Å². The van der Waals surface area contributed by atoms with E-state index in [0.29, 0.717) is 23.9 Å². The highest BCUT2D eigenvalue weighted by molar-refractivity contribution is 5.97. The van der Waals surface area contributed by atoms with Crippen molar-refractivity contribution >= 4 is 11.8 Å². The number of hydrogen-bond donors (Lipinski definition) is 1. The minimum atomic E-state index is -0.0883. The molecule has 33 heavy (non-hydrogen) atoms. The van der Waals surface area contributed by atoms with Crippen LogP contribution in [-0.4, -0.2) is 59.9 Å². The second-order valence-corrected chi connectivity index (χ2v) is 9.41. The number of amides is 2. The molecule has 2 amide bonds. The van der Waals surface area contributed by atoms with Crippen LogP contribution in [0.25, 0.3) is 0 Å². The summed E-state index contributed by atoms with van der Waals surface area (Å²) in [6, 6.07) is 14.0. The molecule has 2 aliphatic heterocycles. The van der Waals surface area contributed by atoms with Gasteiger partial charge in [0, 0.05) is 49.4 Å². The molecule has 0 spiro atoms. The van der Waals surface area contributed by atoms with Gasteiger partial charge in [-0.15, -0.1) is 0 Å². The Bertz CT molecular complexity index is 1010. The number of piperidine rings is 1. The molecular formula is C27H33N3O3. The topological polar surface area (TPSA) is 61.9 Å². The molecule has 1 saturated carbocycles. The molecule has 6 heteroatoms. The molecule has 2 heterocycles. The first-order valence-electron chi connectivity index (χ1n) is 12.4. The van der Waals surface area contributed by atoms with Crippen LogP contribution in [0.15, 0.2) is 42.5 Å². The summed E-state index contributed by atoms with van der Waals surface area (Å²) in [6.45, 7) is 5.52. The van der Waals surface area contributed by atoms with Crippen LogP contribution in [-0.2, 0) is 6.42 Å². The molecule has 0 atom stereocenters. The summed E-state index contributed by atoms with van der Waals surface area (Å²) in [5.41, 5.74) is 2.47. The van der Waals surface area contributed by atoms with Gasteiger partial charge < -0.3 is 19.9 Å². The van der Waals surface area contributed by atoms with Gasteiger partial charge in [0.25, 0.3) is 11.8 Å². The maximum Gasteiger partial charge on any atom is 0.254 e. The molecule has 1 saturated heterocycles. The molecule has 0 radical (unpaired) electrons. The third-order valence-electron chi connectivity index (χ3n) is 7.41. The Morgan fingerprint density at radius 2 is 1.70 bits per heavy atom. The van der Waals surface area contributed by atoms with Crippen LogP contribution in [0.1, 0.15) is 65.3 Å². The highest BCUT2D eigenvalue weighted by Crippen LogP contribution is 2.32. The van der Waals surface area contributed by atoms with Crippen LogP contribution in [0.5, 0.6) is 11.5 Å². The lowest BCUT2D eigenvalue weighted by Crippen LogP contribution is -2.52. The van der Waals surface area contributed by atoms with Crippen molar-refractivity contribution < 1.29 is 14.3 Å². The molecule has 0 aromatic heterocycles. The summed E-state index contributed by atoms with van der Waals surface area (Å²) in [5.74, 6) is 1.46. The molecular weight excluding hydrogens is 414 g/mol. The fraction of sp³-hybridized carbons (Fsp3) is 0.481. The lowest BCUT2D eigenvalue weighted by Gasteiger charge is -2.45. The molecule has 1 N–H and O–H groups in total. The molecule has 5 rings (SSSR count). The number of nitrogens with one attached hydrogen (secondary N) is 1. The average Bonchev–Trinajstić information content (AvgIpc) is 2.79. The van der Waals surface area contributed by atoms with E-state index in [2.05, 4.69) is 15.1 Å². The largest absolute Gasteiger partial charge is 0.457 e. The van der Waals surface area contributed by atoms with E-state index in [4.69, 9.17) is 4.74 Å². The van der Waals surface area contributed by atoms with Crippen molar-refractivity contribution in [1.82, 2.24) is 15.1 Å². The standard InChI is InChI=1S/C27H33N3O3/c1-2-28-26(31)19-6-8-23(9-7-19)33-24-10-11-25-20(18-24)12-17-30(27(25)32)22-13-15-29(16-14-22)21-4-3-5-21/h6-11,18,21-22H,2-5,12-17H2,1H3,(H,28,31). The summed E-state index contributed by atoms with van der Waals surface area (Å²) in [4.78, 5) is 29.9. The number of nitrogens with zero attached hydrogens (tertiary/aromatic N) is 2. The van der Waals surface area contributed by atoms with Crippen LogP contribution in [0.4, 0.5) is 0 Å². The zero-order valence-corrected chi connectivity index (χ0v) is 19.4. The monoisotopic (exact) mass is 447 g/mol. The highest BCUT2D eigenvalue weighted by atomic mass is 16.5. The molecule has 2 aromatic carbocycles. The lowest BCUT2D eigenvalue weighted by atomic mass is 9.88. The molecule has 2 fully saturated rings. The summed E-state index contributed by atoms with van der Waals surface area (Å²) in [7, 11) is 0. The minimum Gasteiger partial charge on any atom is -0.457 e. The van der Waals surface area contributed by atoms with Crippen molar-refractivity contribution in [1.29, 1.82) is 0 Å². The molecule has 6 nitrogen and oxygen atoms in total. The Kier molecular flexibility index (Phi) is 6.36. The quantitative estimate of drug-likeness (QED) is 0.719. The first kappa shape index (κ1) is 22.0. The van der Waals surface area contributed by atoms with Gasteiger partial charge in [0.15, 0.2) is 0 Å². The molecule has 0 unspecified atom stereocenters. The maximum absolute atomic E-state index is 13.3. The third-order valence-corrected chi connectivity index (χ3v) is 7.41. The van der Waals surface area contributed by atoms with E-state index in [-0.39, 0.29) is 11.8 Å². The number of fused-ring (bicyclic) bond motifs is 1. The van der Waals surface area contributed by atoms with Crippen LogP contribution >= 0.6 is 0 Å². The van der Waals surface area contributed by atoms with Gasteiger partial charge in [0.05, 0.1) is 0 Å². The fourth-order valence-electron chi connectivity index (χ4n) is 5.28. The molecule has 0 bridgehead atoms. The minimum absolute atomic E-state index is 0.0883. The van der Waals surface area contributed by atoms with Crippen molar-refractivity contribution in [3.8, 4) is 11.5 Å². The average molecular weight is 448 g/mol. The van der Waals surface area contributed by atoms with Crippen molar-refractivity contribution in [3.63, 3.8) is 0 Å². The molecule has 3 aliphatic rings. The van der Waals surface area contributed by atoms with Crippen molar-refractivity contribution in [3.05, 3.63) is 59.2 Å². The van der Waals surface area contributed by atoms with E-state index in [1.54, 1.807) is 24.3 Å². The summed E-state index contributed by atoms with van der Waals surface area (Å²) in [5, 5.41) is 2.79. The van der Waals surface area contributed by atoms with Crippen LogP contribution in [0.2, 0.25) is 0 Å². The first-order chi connectivity index (χ1) is 16.1. The van der Waals surface area contributed by atoms with Crippen LogP contribution in [0, 0.1) is 0 Å². The van der Waals surface area contributed by atoms with Gasteiger partial charge in [-0.3, -0.25) is 9.59 Å². The van der Waals surface area contributed by atoms with Gasteiger partial charge in [0.1, 0.15) is 11.5 Å². The van der Waals surface area contributed by atoms with E-state index in [9.17, 15) is 9.59 Å². The van der Waals surface area contributed by atoms with Crippen molar-refractivity contribution in [2.24, 2.45) is 0 Å². The van der Waals surface area contributed by atoms with E-state index >= 15 is 0 Å². The summed E-state index contributed by atoms with van der Waals surface area (Å²) < 4.78 is 6.01. The highest BCUT2D eigenvalue weighted by Gasteiger charge is 2.34. The Labute approximate surface area is 195 Å². The zero-order chi connectivity index (χ0) is 22.8. The van der Waals surface area contributed by atoms with Crippen LogP contribution in [0.3, 0.4) is 0 Å². The Morgan fingerprint density at radius 1 is 0.970 bits per heavy atom. The molecule has 174 valence electrons. The van der Waals surface area contributed by atoms with E-state index in [1.807, 2.05) is 25.1 Å². The predicted octanol–water partition coefficient (Wildman–Crippen LogP) is 4.24.